The molecular weight excluding hydrogens is 296 g/mol. The number of benzene rings is 1. The van der Waals surface area contributed by atoms with Gasteiger partial charge < -0.3 is 19.5 Å². The van der Waals surface area contributed by atoms with E-state index in [0.29, 0.717) is 44.2 Å². The number of β-amino-alcohol motifs (C(OH)–C–C–N with tert-alkyl or cyclic N) is 1. The molecule has 1 amide bonds. The number of nitrogens with zero attached hydrogens (tertiary/aromatic N) is 2. The van der Waals surface area contributed by atoms with Crippen molar-refractivity contribution in [2.45, 2.75) is 13.0 Å². The number of ether oxygens (including phenoxy) is 2. The minimum atomic E-state index is -0.341. The molecule has 1 aliphatic heterocycles. The van der Waals surface area contributed by atoms with Crippen LogP contribution in [0.5, 0.6) is 5.75 Å². The molecule has 0 aromatic heterocycles. The number of carbonyl (C=O) groups is 1. The minimum absolute atomic E-state index is 0.00489. The highest BCUT2D eigenvalue weighted by Crippen LogP contribution is 2.20. The van der Waals surface area contributed by atoms with Gasteiger partial charge in [0.2, 0.25) is 0 Å². The Kier molecular flexibility index (Phi) is 6.83. The lowest BCUT2D eigenvalue weighted by Gasteiger charge is -2.35. The molecule has 0 bridgehead atoms. The largest absolute Gasteiger partial charge is 0.490 e. The summed E-state index contributed by atoms with van der Waals surface area (Å²) in [5.74, 6) is 0.593. The van der Waals surface area contributed by atoms with Crippen LogP contribution in [0, 0.1) is 0 Å². The molecule has 0 radical (unpaired) electrons. The van der Waals surface area contributed by atoms with Crippen molar-refractivity contribution < 1.29 is 19.4 Å². The molecule has 0 aliphatic carbocycles. The number of methoxy groups -OCH3 is 1. The Morgan fingerprint density at radius 2 is 1.91 bits per heavy atom. The fraction of sp³-hybridized carbons (Fsp3) is 0.588. The second-order valence-corrected chi connectivity index (χ2v) is 5.78. The van der Waals surface area contributed by atoms with E-state index in [1.807, 2.05) is 23.1 Å². The van der Waals surface area contributed by atoms with Gasteiger partial charge in [0.1, 0.15) is 12.4 Å². The third-order valence-corrected chi connectivity index (χ3v) is 3.84. The summed E-state index contributed by atoms with van der Waals surface area (Å²) in [6.45, 7) is 6.23. The normalized spacial score (nSPS) is 17.1. The predicted molar refractivity (Wildman–Crippen MR) is 87.8 cm³/mol. The lowest BCUT2D eigenvalue weighted by atomic mass is 10.1. The number of hydrogen-bond donors (Lipinski definition) is 1. The van der Waals surface area contributed by atoms with Crippen LogP contribution in [0.3, 0.4) is 0 Å². The highest BCUT2D eigenvalue weighted by Gasteiger charge is 2.24. The Morgan fingerprint density at radius 1 is 1.22 bits per heavy atom. The third-order valence-electron chi connectivity index (χ3n) is 3.84. The van der Waals surface area contributed by atoms with Crippen molar-refractivity contribution >= 4 is 5.91 Å². The van der Waals surface area contributed by atoms with Crippen molar-refractivity contribution in [3.05, 3.63) is 29.8 Å². The molecule has 0 saturated carbocycles. The zero-order chi connectivity index (χ0) is 16.7. The third kappa shape index (κ3) is 5.20. The van der Waals surface area contributed by atoms with Crippen molar-refractivity contribution in [2.75, 3.05) is 53.0 Å². The Balaban J connectivity index is 1.96. The summed E-state index contributed by atoms with van der Waals surface area (Å²) >= 11 is 0. The number of hydrogen-bond acceptors (Lipinski definition) is 5. The molecule has 6 nitrogen and oxygen atoms in total. The molecule has 1 atom stereocenters. The van der Waals surface area contributed by atoms with Crippen LogP contribution in [-0.4, -0.2) is 80.0 Å². The van der Waals surface area contributed by atoms with Gasteiger partial charge in [-0.1, -0.05) is 12.1 Å². The summed E-state index contributed by atoms with van der Waals surface area (Å²) in [7, 11) is 1.62. The van der Waals surface area contributed by atoms with Gasteiger partial charge >= 0.3 is 0 Å². The van der Waals surface area contributed by atoms with Gasteiger partial charge in [0.05, 0.1) is 18.3 Å². The SMILES string of the molecule is COCCOc1ccccc1C(=O)N1CCN(C[C@@H](C)O)CC1. The maximum Gasteiger partial charge on any atom is 0.257 e. The number of amides is 1. The number of carbonyl (C=O) groups excluding carboxylic acids is 1. The van der Waals surface area contributed by atoms with Gasteiger partial charge in [-0.05, 0) is 19.1 Å². The zero-order valence-electron chi connectivity index (χ0n) is 13.9. The van der Waals surface area contributed by atoms with E-state index >= 15 is 0 Å². The van der Waals surface area contributed by atoms with Gasteiger partial charge in [-0.2, -0.15) is 0 Å². The van der Waals surface area contributed by atoms with Gasteiger partial charge in [0.25, 0.3) is 5.91 Å². The van der Waals surface area contributed by atoms with Crippen LogP contribution < -0.4 is 4.74 Å². The molecule has 2 rings (SSSR count). The standard InChI is InChI=1S/C17H26N2O4/c1-14(20)13-18-7-9-19(10-8-18)17(21)15-5-3-4-6-16(15)23-12-11-22-2/h3-6,14,20H,7-13H2,1-2H3/t14-/m1/s1. The molecule has 1 aliphatic rings. The Hall–Kier alpha value is -1.63. The van der Waals surface area contributed by atoms with Gasteiger partial charge in [0, 0.05) is 39.8 Å². The second kappa shape index (κ2) is 8.86. The van der Waals surface area contributed by atoms with E-state index in [-0.39, 0.29) is 12.0 Å². The van der Waals surface area contributed by atoms with Gasteiger partial charge in [-0.15, -0.1) is 0 Å². The topological polar surface area (TPSA) is 62.2 Å². The fourth-order valence-corrected chi connectivity index (χ4v) is 2.68. The highest BCUT2D eigenvalue weighted by atomic mass is 16.5. The van der Waals surface area contributed by atoms with Gasteiger partial charge in [-0.25, -0.2) is 0 Å². The first kappa shape index (κ1) is 17.7. The summed E-state index contributed by atoms with van der Waals surface area (Å²) in [5.41, 5.74) is 0.590. The van der Waals surface area contributed by atoms with E-state index in [2.05, 4.69) is 4.90 Å². The fourth-order valence-electron chi connectivity index (χ4n) is 2.68. The summed E-state index contributed by atoms with van der Waals surface area (Å²) in [5, 5.41) is 9.45. The lowest BCUT2D eigenvalue weighted by molar-refractivity contribution is 0.0549. The monoisotopic (exact) mass is 322 g/mol. The molecule has 0 unspecified atom stereocenters. The first-order valence-electron chi connectivity index (χ1n) is 8.02. The maximum absolute atomic E-state index is 12.7. The van der Waals surface area contributed by atoms with Crippen LogP contribution in [-0.2, 0) is 4.74 Å². The van der Waals surface area contributed by atoms with E-state index in [4.69, 9.17) is 9.47 Å². The van der Waals surface area contributed by atoms with Crippen molar-refractivity contribution in [3.8, 4) is 5.75 Å². The number of piperazine rings is 1. The molecule has 0 spiro atoms. The van der Waals surface area contributed by atoms with E-state index in [0.717, 1.165) is 13.1 Å². The van der Waals surface area contributed by atoms with Crippen LogP contribution in [0.15, 0.2) is 24.3 Å². The smallest absolute Gasteiger partial charge is 0.257 e. The second-order valence-electron chi connectivity index (χ2n) is 5.78. The molecule has 1 heterocycles. The molecule has 128 valence electrons. The van der Waals surface area contributed by atoms with Crippen molar-refractivity contribution in [2.24, 2.45) is 0 Å². The number of aliphatic hydroxyl groups is 1. The number of rotatable bonds is 7. The highest BCUT2D eigenvalue weighted by molar-refractivity contribution is 5.97. The van der Waals surface area contributed by atoms with Gasteiger partial charge in [0.15, 0.2) is 0 Å². The van der Waals surface area contributed by atoms with Crippen molar-refractivity contribution in [3.63, 3.8) is 0 Å². The summed E-state index contributed by atoms with van der Waals surface area (Å²) in [6.07, 6.45) is -0.341. The molecule has 23 heavy (non-hydrogen) atoms. The Bertz CT molecular complexity index is 499. The van der Waals surface area contributed by atoms with E-state index in [9.17, 15) is 9.90 Å². The van der Waals surface area contributed by atoms with Crippen LogP contribution in [0.25, 0.3) is 0 Å². The quantitative estimate of drug-likeness (QED) is 0.754. The Labute approximate surface area is 137 Å². The van der Waals surface area contributed by atoms with Crippen LogP contribution >= 0.6 is 0 Å². The molecule has 1 fully saturated rings. The first-order chi connectivity index (χ1) is 11.1. The lowest BCUT2D eigenvalue weighted by Crippen LogP contribution is -2.50. The molecular formula is C17H26N2O4. The molecule has 1 aromatic rings. The van der Waals surface area contributed by atoms with Crippen molar-refractivity contribution in [1.82, 2.24) is 9.80 Å². The van der Waals surface area contributed by atoms with E-state index in [1.165, 1.54) is 0 Å². The average Bonchev–Trinajstić information content (AvgIpc) is 2.55. The number of aliphatic hydroxyl groups excluding tert-OH is 1. The summed E-state index contributed by atoms with van der Waals surface area (Å²) in [6, 6.07) is 7.32. The molecule has 6 heteroatoms. The Morgan fingerprint density at radius 3 is 2.57 bits per heavy atom. The number of para-hydroxylation sites is 1. The van der Waals surface area contributed by atoms with Crippen LogP contribution in [0.2, 0.25) is 0 Å². The van der Waals surface area contributed by atoms with E-state index in [1.54, 1.807) is 20.1 Å². The van der Waals surface area contributed by atoms with Gasteiger partial charge in [-0.3, -0.25) is 9.69 Å². The van der Waals surface area contributed by atoms with E-state index < -0.39 is 0 Å². The molecule has 1 N–H and O–H groups in total. The van der Waals surface area contributed by atoms with Crippen LogP contribution in [0.4, 0.5) is 0 Å². The predicted octanol–water partition coefficient (Wildman–Crippen LogP) is 0.850. The van der Waals surface area contributed by atoms with Crippen molar-refractivity contribution in [1.29, 1.82) is 0 Å². The minimum Gasteiger partial charge on any atom is -0.490 e. The maximum atomic E-state index is 12.7. The molecule has 1 saturated heterocycles. The van der Waals surface area contributed by atoms with Crippen LogP contribution in [0.1, 0.15) is 17.3 Å². The summed E-state index contributed by atoms with van der Waals surface area (Å²) in [4.78, 5) is 16.7. The zero-order valence-corrected chi connectivity index (χ0v) is 13.9. The average molecular weight is 322 g/mol. The summed E-state index contributed by atoms with van der Waals surface area (Å²) < 4.78 is 10.6. The molecule has 1 aromatic carbocycles. The first-order valence-corrected chi connectivity index (χ1v) is 8.02.